The van der Waals surface area contributed by atoms with Crippen LogP contribution < -0.4 is 5.32 Å². The van der Waals surface area contributed by atoms with Crippen LogP contribution in [0.4, 0.5) is 0 Å². The maximum atomic E-state index is 12.2. The van der Waals surface area contributed by atoms with E-state index in [1.54, 1.807) is 42.2 Å². The lowest BCUT2D eigenvalue weighted by molar-refractivity contribution is 0.0934. The fourth-order valence-electron chi connectivity index (χ4n) is 2.52. The summed E-state index contributed by atoms with van der Waals surface area (Å²) in [6.07, 6.45) is 3.49. The topological polar surface area (TPSA) is 81.1 Å². The second-order valence-electron chi connectivity index (χ2n) is 5.07. The van der Waals surface area contributed by atoms with Gasteiger partial charge in [0.1, 0.15) is 0 Å². The first-order chi connectivity index (χ1) is 9.97. The van der Waals surface area contributed by atoms with E-state index < -0.39 is 9.84 Å². The van der Waals surface area contributed by atoms with Crippen molar-refractivity contribution in [2.45, 2.75) is 17.4 Å². The molecule has 2 aromatic rings. The molecule has 1 aromatic heterocycles. The Morgan fingerprint density at radius 1 is 1.38 bits per heavy atom. The second-order valence-corrected chi connectivity index (χ2v) is 7.15. The largest absolute Gasteiger partial charge is 0.345 e. The van der Waals surface area contributed by atoms with E-state index in [2.05, 4.69) is 10.4 Å². The first kappa shape index (κ1) is 13.8. The highest BCUT2D eigenvalue weighted by Gasteiger charge is 2.30. The summed E-state index contributed by atoms with van der Waals surface area (Å²) in [5, 5.41) is 6.84. The third kappa shape index (κ3) is 2.56. The number of carbonyl (C=O) groups excluding carboxylic acids is 1. The van der Waals surface area contributed by atoms with E-state index in [1.807, 2.05) is 0 Å². The number of nitrogens with zero attached hydrogens (tertiary/aromatic N) is 2. The number of carbonyl (C=O) groups is 1. The predicted molar refractivity (Wildman–Crippen MR) is 76.5 cm³/mol. The van der Waals surface area contributed by atoms with E-state index in [0.29, 0.717) is 22.4 Å². The number of aromatic nitrogens is 2. The van der Waals surface area contributed by atoms with Gasteiger partial charge in [-0.2, -0.15) is 5.10 Å². The molecule has 3 rings (SSSR count). The lowest BCUT2D eigenvalue weighted by Crippen LogP contribution is -2.33. The van der Waals surface area contributed by atoms with Gasteiger partial charge in [0.25, 0.3) is 5.91 Å². The molecule has 0 spiro atoms. The van der Waals surface area contributed by atoms with Crippen LogP contribution in [-0.2, 0) is 16.9 Å². The number of hydrogen-bond donors (Lipinski definition) is 1. The van der Waals surface area contributed by atoms with Crippen molar-refractivity contribution in [2.24, 2.45) is 7.05 Å². The molecule has 110 valence electrons. The quantitative estimate of drug-likeness (QED) is 0.900. The SMILES string of the molecule is Cn1cc(C(=O)N[C@H]2CCS(=O)(=O)c3ccccc32)cn1. The highest BCUT2D eigenvalue weighted by atomic mass is 32.2. The molecule has 1 aliphatic rings. The first-order valence-corrected chi connectivity index (χ1v) is 8.24. The van der Waals surface area contributed by atoms with Crippen molar-refractivity contribution < 1.29 is 13.2 Å². The Kier molecular flexibility index (Phi) is 3.29. The molecule has 1 N–H and O–H groups in total. The highest BCUT2D eigenvalue weighted by Crippen LogP contribution is 2.31. The van der Waals surface area contributed by atoms with Gasteiger partial charge in [0.05, 0.1) is 28.5 Å². The van der Waals surface area contributed by atoms with Gasteiger partial charge in [-0.3, -0.25) is 9.48 Å². The summed E-state index contributed by atoms with van der Waals surface area (Å²) in [6.45, 7) is 0. The van der Waals surface area contributed by atoms with Gasteiger partial charge in [0.15, 0.2) is 9.84 Å². The van der Waals surface area contributed by atoms with Gasteiger partial charge in [-0.1, -0.05) is 18.2 Å². The fraction of sp³-hybridized carbons (Fsp3) is 0.286. The number of nitrogens with one attached hydrogen (secondary N) is 1. The predicted octanol–water partition coefficient (Wildman–Crippen LogP) is 1.07. The van der Waals surface area contributed by atoms with E-state index in [9.17, 15) is 13.2 Å². The maximum absolute atomic E-state index is 12.2. The van der Waals surface area contributed by atoms with Gasteiger partial charge in [0, 0.05) is 13.2 Å². The Balaban J connectivity index is 1.89. The van der Waals surface area contributed by atoms with Crippen LogP contribution in [0.3, 0.4) is 0 Å². The summed E-state index contributed by atoms with van der Waals surface area (Å²) < 4.78 is 25.7. The maximum Gasteiger partial charge on any atom is 0.254 e. The summed E-state index contributed by atoms with van der Waals surface area (Å²) in [4.78, 5) is 12.5. The zero-order valence-electron chi connectivity index (χ0n) is 11.5. The van der Waals surface area contributed by atoms with Crippen molar-refractivity contribution >= 4 is 15.7 Å². The molecule has 0 bridgehead atoms. The van der Waals surface area contributed by atoms with Crippen LogP contribution in [0, 0.1) is 0 Å². The smallest absolute Gasteiger partial charge is 0.254 e. The average Bonchev–Trinajstić information content (AvgIpc) is 2.89. The van der Waals surface area contributed by atoms with Gasteiger partial charge >= 0.3 is 0 Å². The van der Waals surface area contributed by atoms with Crippen molar-refractivity contribution in [3.63, 3.8) is 0 Å². The minimum Gasteiger partial charge on any atom is -0.345 e. The molecular weight excluding hydrogens is 290 g/mol. The van der Waals surface area contributed by atoms with Crippen molar-refractivity contribution in [1.29, 1.82) is 0 Å². The van der Waals surface area contributed by atoms with E-state index in [4.69, 9.17) is 0 Å². The first-order valence-electron chi connectivity index (χ1n) is 6.58. The Morgan fingerprint density at radius 2 is 2.14 bits per heavy atom. The molecular formula is C14H15N3O3S. The average molecular weight is 305 g/mol. The van der Waals surface area contributed by atoms with E-state index in [-0.39, 0.29) is 17.7 Å². The van der Waals surface area contributed by atoms with Crippen molar-refractivity contribution in [2.75, 3.05) is 5.75 Å². The molecule has 1 aromatic carbocycles. The van der Waals surface area contributed by atoms with Crippen molar-refractivity contribution in [1.82, 2.24) is 15.1 Å². The van der Waals surface area contributed by atoms with Gasteiger partial charge in [-0.05, 0) is 18.1 Å². The second kappa shape index (κ2) is 5.00. The Morgan fingerprint density at radius 3 is 2.86 bits per heavy atom. The molecule has 2 heterocycles. The van der Waals surface area contributed by atoms with Crippen molar-refractivity contribution in [3.05, 3.63) is 47.8 Å². The minimum atomic E-state index is -3.24. The summed E-state index contributed by atoms with van der Waals surface area (Å²) in [7, 11) is -1.50. The fourth-order valence-corrected chi connectivity index (χ4v) is 4.14. The van der Waals surface area contributed by atoms with Crippen LogP contribution in [-0.4, -0.2) is 29.9 Å². The monoisotopic (exact) mass is 305 g/mol. The van der Waals surface area contributed by atoms with Gasteiger partial charge in [-0.25, -0.2) is 8.42 Å². The molecule has 0 radical (unpaired) electrons. The summed E-state index contributed by atoms with van der Waals surface area (Å²) >= 11 is 0. The van der Waals surface area contributed by atoms with Crippen LogP contribution in [0.25, 0.3) is 0 Å². The van der Waals surface area contributed by atoms with Crippen LogP contribution in [0.2, 0.25) is 0 Å². The Hall–Kier alpha value is -2.15. The molecule has 6 nitrogen and oxygen atoms in total. The van der Waals surface area contributed by atoms with E-state index in [0.717, 1.165) is 0 Å². The molecule has 1 atom stereocenters. The van der Waals surface area contributed by atoms with Crippen LogP contribution in [0.1, 0.15) is 28.4 Å². The number of amides is 1. The standard InChI is InChI=1S/C14H15N3O3S/c1-17-9-10(8-15-17)14(18)16-12-6-7-21(19,20)13-5-3-2-4-11(12)13/h2-5,8-9,12H,6-7H2,1H3,(H,16,18)/t12-/m0/s1. The van der Waals surface area contributed by atoms with E-state index >= 15 is 0 Å². The number of aryl methyl sites for hydroxylation is 1. The molecule has 0 aliphatic carbocycles. The summed E-state index contributed by atoms with van der Waals surface area (Å²) in [5.74, 6) is -0.204. The molecule has 0 saturated carbocycles. The van der Waals surface area contributed by atoms with Crippen LogP contribution in [0.15, 0.2) is 41.6 Å². The molecule has 0 saturated heterocycles. The Labute approximate surface area is 122 Å². The highest BCUT2D eigenvalue weighted by molar-refractivity contribution is 7.91. The lowest BCUT2D eigenvalue weighted by atomic mass is 10.0. The molecule has 1 amide bonds. The zero-order valence-corrected chi connectivity index (χ0v) is 12.3. The Bertz CT molecular complexity index is 795. The lowest BCUT2D eigenvalue weighted by Gasteiger charge is -2.26. The van der Waals surface area contributed by atoms with Gasteiger partial charge in [0.2, 0.25) is 0 Å². The van der Waals surface area contributed by atoms with Crippen molar-refractivity contribution in [3.8, 4) is 0 Å². The number of fused-ring (bicyclic) bond motifs is 1. The summed E-state index contributed by atoms with van der Waals surface area (Å²) in [6, 6.07) is 6.52. The molecule has 7 heteroatoms. The van der Waals surface area contributed by atoms with Crippen LogP contribution >= 0.6 is 0 Å². The molecule has 0 fully saturated rings. The number of rotatable bonds is 2. The van der Waals surface area contributed by atoms with Gasteiger partial charge < -0.3 is 5.32 Å². The number of benzene rings is 1. The normalized spacial score (nSPS) is 19.8. The van der Waals surface area contributed by atoms with Gasteiger partial charge in [-0.15, -0.1) is 0 Å². The number of sulfone groups is 1. The molecule has 21 heavy (non-hydrogen) atoms. The zero-order chi connectivity index (χ0) is 15.0. The van der Waals surface area contributed by atoms with Crippen LogP contribution in [0.5, 0.6) is 0 Å². The minimum absolute atomic E-state index is 0.0437. The molecule has 0 unspecified atom stereocenters. The third-order valence-corrected chi connectivity index (χ3v) is 5.39. The summed E-state index contributed by atoms with van der Waals surface area (Å²) in [5.41, 5.74) is 1.12. The van der Waals surface area contributed by atoms with E-state index in [1.165, 1.54) is 6.20 Å². The number of hydrogen-bond acceptors (Lipinski definition) is 4. The third-order valence-electron chi connectivity index (χ3n) is 3.58. The molecule has 1 aliphatic heterocycles.